The minimum absolute atomic E-state index is 0.141. The van der Waals surface area contributed by atoms with E-state index in [4.69, 9.17) is 14.6 Å². The van der Waals surface area contributed by atoms with E-state index in [2.05, 4.69) is 4.31 Å². The lowest BCUT2D eigenvalue weighted by atomic mass is 9.99. The van der Waals surface area contributed by atoms with Gasteiger partial charge in [0, 0.05) is 37.3 Å². The summed E-state index contributed by atoms with van der Waals surface area (Å²) in [6, 6.07) is 17.3. The van der Waals surface area contributed by atoms with Gasteiger partial charge in [-0.3, -0.25) is 0 Å². The molecule has 0 saturated carbocycles. The standard InChI is InChI=1S/C26H24F2N2O4S/c1-33-10-2-9-30(35-23-6-4-21(27)5-7-23)16-18-3-8-25(34-17-26(31)32)24(13-18)20-11-19(15-29)12-22(28)14-20/h3-8,11-14H,2,9-10,16-17H2,1H3,(H,31,32). The monoisotopic (exact) mass is 498 g/mol. The first kappa shape index (κ1) is 26.2. The molecule has 0 saturated heterocycles. The summed E-state index contributed by atoms with van der Waals surface area (Å²) in [5.74, 6) is -1.77. The smallest absolute Gasteiger partial charge is 0.341 e. The largest absolute Gasteiger partial charge is 0.481 e. The highest BCUT2D eigenvalue weighted by molar-refractivity contribution is 7.97. The molecule has 0 bridgehead atoms. The summed E-state index contributed by atoms with van der Waals surface area (Å²) in [4.78, 5) is 11.9. The molecule has 9 heteroatoms. The van der Waals surface area contributed by atoms with Crippen LogP contribution in [0.15, 0.2) is 65.6 Å². The number of halogens is 2. The van der Waals surface area contributed by atoms with Crippen LogP contribution < -0.4 is 4.74 Å². The normalized spacial score (nSPS) is 10.8. The van der Waals surface area contributed by atoms with Crippen LogP contribution in [0.5, 0.6) is 5.75 Å². The van der Waals surface area contributed by atoms with Gasteiger partial charge in [-0.25, -0.2) is 17.9 Å². The number of benzene rings is 3. The minimum atomic E-state index is -1.14. The number of rotatable bonds is 12. The van der Waals surface area contributed by atoms with E-state index in [1.807, 2.05) is 6.07 Å². The van der Waals surface area contributed by atoms with E-state index in [0.29, 0.717) is 30.8 Å². The molecule has 182 valence electrons. The SMILES string of the molecule is COCCCN(Cc1ccc(OCC(=O)O)c(-c2cc(F)cc(C#N)c2)c1)Sc1ccc(F)cc1. The number of nitriles is 1. The van der Waals surface area contributed by atoms with Crippen molar-refractivity contribution in [2.75, 3.05) is 26.9 Å². The van der Waals surface area contributed by atoms with Gasteiger partial charge in [0.15, 0.2) is 6.61 Å². The van der Waals surface area contributed by atoms with E-state index < -0.39 is 18.4 Å². The highest BCUT2D eigenvalue weighted by Crippen LogP contribution is 2.34. The van der Waals surface area contributed by atoms with Crippen molar-refractivity contribution in [3.8, 4) is 22.9 Å². The Kier molecular flexibility index (Phi) is 9.61. The maximum Gasteiger partial charge on any atom is 0.341 e. The lowest BCUT2D eigenvalue weighted by molar-refractivity contribution is -0.139. The summed E-state index contributed by atoms with van der Waals surface area (Å²) in [6.07, 6.45) is 0.771. The van der Waals surface area contributed by atoms with Gasteiger partial charge in [0.1, 0.15) is 17.4 Å². The fraction of sp³-hybridized carbons (Fsp3) is 0.231. The lowest BCUT2D eigenvalue weighted by Crippen LogP contribution is -2.18. The molecular formula is C26H24F2N2O4S. The number of aliphatic carboxylic acids is 1. The molecule has 0 aromatic heterocycles. The lowest BCUT2D eigenvalue weighted by Gasteiger charge is -2.22. The summed E-state index contributed by atoms with van der Waals surface area (Å²) in [6.45, 7) is 1.18. The number of carbonyl (C=O) groups is 1. The summed E-state index contributed by atoms with van der Waals surface area (Å²) in [7, 11) is 1.63. The van der Waals surface area contributed by atoms with Crippen molar-refractivity contribution in [1.29, 1.82) is 5.26 Å². The van der Waals surface area contributed by atoms with E-state index in [-0.39, 0.29) is 17.1 Å². The van der Waals surface area contributed by atoms with E-state index in [1.165, 1.54) is 36.2 Å². The average molecular weight is 499 g/mol. The van der Waals surface area contributed by atoms with Crippen LogP contribution >= 0.6 is 11.9 Å². The molecule has 35 heavy (non-hydrogen) atoms. The Labute approximate surface area is 206 Å². The average Bonchev–Trinajstić information content (AvgIpc) is 2.84. The van der Waals surface area contributed by atoms with Gasteiger partial charge in [-0.15, -0.1) is 0 Å². The first-order valence-electron chi connectivity index (χ1n) is 10.7. The number of carboxylic acids is 1. The van der Waals surface area contributed by atoms with Crippen molar-refractivity contribution < 1.29 is 28.2 Å². The van der Waals surface area contributed by atoms with Gasteiger partial charge in [-0.2, -0.15) is 5.26 Å². The number of nitrogens with zero attached hydrogens (tertiary/aromatic N) is 2. The van der Waals surface area contributed by atoms with Gasteiger partial charge in [0.05, 0.1) is 11.6 Å². The van der Waals surface area contributed by atoms with Gasteiger partial charge < -0.3 is 14.6 Å². The molecule has 3 rings (SSSR count). The maximum absolute atomic E-state index is 14.2. The number of methoxy groups -OCH3 is 1. The molecule has 0 aliphatic heterocycles. The second-order valence-electron chi connectivity index (χ2n) is 7.61. The third-order valence-electron chi connectivity index (χ3n) is 4.90. The minimum Gasteiger partial charge on any atom is -0.481 e. The van der Waals surface area contributed by atoms with E-state index in [9.17, 15) is 18.8 Å². The van der Waals surface area contributed by atoms with Gasteiger partial charge >= 0.3 is 5.97 Å². The molecule has 6 nitrogen and oxygen atoms in total. The molecule has 0 atom stereocenters. The molecule has 0 radical (unpaired) electrons. The molecule has 3 aromatic carbocycles. The Morgan fingerprint density at radius 2 is 1.86 bits per heavy atom. The Hall–Kier alpha value is -3.45. The Morgan fingerprint density at radius 1 is 1.09 bits per heavy atom. The fourth-order valence-electron chi connectivity index (χ4n) is 3.37. The Balaban J connectivity index is 1.93. The van der Waals surface area contributed by atoms with Crippen LogP contribution in [0.3, 0.4) is 0 Å². The molecule has 0 fully saturated rings. The third kappa shape index (κ3) is 8.07. The predicted molar refractivity (Wildman–Crippen MR) is 129 cm³/mol. The van der Waals surface area contributed by atoms with Crippen molar-refractivity contribution in [2.45, 2.75) is 17.9 Å². The molecular weight excluding hydrogens is 474 g/mol. The van der Waals surface area contributed by atoms with Crippen molar-refractivity contribution in [3.63, 3.8) is 0 Å². The quantitative estimate of drug-likeness (QED) is 0.260. The second kappa shape index (κ2) is 12.9. The highest BCUT2D eigenvalue weighted by atomic mass is 32.2. The highest BCUT2D eigenvalue weighted by Gasteiger charge is 2.15. The zero-order valence-electron chi connectivity index (χ0n) is 19.0. The first-order chi connectivity index (χ1) is 16.9. The number of hydrogen-bond donors (Lipinski definition) is 1. The van der Waals surface area contributed by atoms with Gasteiger partial charge in [0.25, 0.3) is 0 Å². The summed E-state index contributed by atoms with van der Waals surface area (Å²) in [5.41, 5.74) is 1.88. The fourth-order valence-corrected chi connectivity index (χ4v) is 4.36. The number of ether oxygens (including phenoxy) is 2. The number of carboxylic acid groups (broad SMARTS) is 1. The van der Waals surface area contributed by atoms with Gasteiger partial charge in [-0.1, -0.05) is 6.07 Å². The third-order valence-corrected chi connectivity index (χ3v) is 5.95. The molecule has 0 unspecified atom stereocenters. The van der Waals surface area contributed by atoms with Crippen molar-refractivity contribution in [1.82, 2.24) is 4.31 Å². The summed E-state index contributed by atoms with van der Waals surface area (Å²) < 4.78 is 40.2. The van der Waals surface area contributed by atoms with Crippen LogP contribution in [0, 0.1) is 23.0 Å². The zero-order valence-corrected chi connectivity index (χ0v) is 19.9. The van der Waals surface area contributed by atoms with Crippen LogP contribution in [-0.4, -0.2) is 42.2 Å². The van der Waals surface area contributed by atoms with E-state index in [0.717, 1.165) is 22.9 Å². The van der Waals surface area contributed by atoms with E-state index >= 15 is 0 Å². The molecule has 0 aliphatic carbocycles. The summed E-state index contributed by atoms with van der Waals surface area (Å²) >= 11 is 1.47. The van der Waals surface area contributed by atoms with Crippen LogP contribution in [0.1, 0.15) is 17.5 Å². The van der Waals surface area contributed by atoms with Crippen molar-refractivity contribution in [2.24, 2.45) is 0 Å². The molecule has 1 N–H and O–H groups in total. The first-order valence-corrected chi connectivity index (χ1v) is 11.5. The topological polar surface area (TPSA) is 82.8 Å². The van der Waals surface area contributed by atoms with Gasteiger partial charge in [0.2, 0.25) is 0 Å². The Morgan fingerprint density at radius 3 is 2.54 bits per heavy atom. The molecule has 0 amide bonds. The van der Waals surface area contributed by atoms with Crippen LogP contribution in [0.2, 0.25) is 0 Å². The van der Waals surface area contributed by atoms with Crippen LogP contribution in [0.25, 0.3) is 11.1 Å². The second-order valence-corrected chi connectivity index (χ2v) is 8.78. The van der Waals surface area contributed by atoms with E-state index in [1.54, 1.807) is 37.4 Å². The van der Waals surface area contributed by atoms with Crippen molar-refractivity contribution >= 4 is 17.9 Å². The van der Waals surface area contributed by atoms with Gasteiger partial charge in [-0.05, 0) is 84.1 Å². The van der Waals surface area contributed by atoms with Crippen molar-refractivity contribution in [3.05, 3.63) is 83.4 Å². The summed E-state index contributed by atoms with van der Waals surface area (Å²) in [5, 5.41) is 18.3. The zero-order chi connectivity index (χ0) is 25.2. The molecule has 0 heterocycles. The number of hydrogen-bond acceptors (Lipinski definition) is 6. The predicted octanol–water partition coefficient (Wildman–Crippen LogP) is 5.51. The van der Waals surface area contributed by atoms with Crippen LogP contribution in [-0.2, 0) is 16.1 Å². The van der Waals surface area contributed by atoms with Crippen LogP contribution in [0.4, 0.5) is 8.78 Å². The molecule has 0 spiro atoms. The maximum atomic E-state index is 14.2. The Bertz CT molecular complexity index is 1200. The molecule has 3 aromatic rings. The molecule has 0 aliphatic rings.